The van der Waals surface area contributed by atoms with Crippen LogP contribution in [0.15, 0.2) is 30.3 Å². The lowest BCUT2D eigenvalue weighted by Crippen LogP contribution is -2.31. The zero-order chi connectivity index (χ0) is 25.3. The summed E-state index contributed by atoms with van der Waals surface area (Å²) in [6.07, 6.45) is 3.73. The van der Waals surface area contributed by atoms with Crippen LogP contribution in [-0.4, -0.2) is 52.5 Å². The predicted octanol–water partition coefficient (Wildman–Crippen LogP) is 4.96. The number of aryl methyl sites for hydroxylation is 1. The van der Waals surface area contributed by atoms with Crippen LogP contribution in [-0.2, 0) is 12.8 Å². The Morgan fingerprint density at radius 2 is 2.00 bits per heavy atom. The van der Waals surface area contributed by atoms with Crippen LogP contribution >= 0.6 is 11.3 Å². The minimum atomic E-state index is -0.987. The fraction of sp³-hybridized carbons (Fsp3) is 0.481. The molecule has 0 radical (unpaired) electrons. The first-order valence-corrected chi connectivity index (χ1v) is 12.9. The molecule has 1 aromatic carbocycles. The van der Waals surface area contributed by atoms with Crippen LogP contribution in [0.4, 0.5) is 0 Å². The van der Waals surface area contributed by atoms with Gasteiger partial charge in [-0.2, -0.15) is 0 Å². The average molecular weight is 495 g/mol. The van der Waals surface area contributed by atoms with Gasteiger partial charge < -0.3 is 15.3 Å². The topological polar surface area (TPSA) is 95.4 Å². The van der Waals surface area contributed by atoms with Crippen molar-refractivity contribution in [2.45, 2.75) is 52.5 Å². The Morgan fingerprint density at radius 3 is 2.69 bits per heavy atom. The molecule has 7 nitrogen and oxygen atoms in total. The van der Waals surface area contributed by atoms with Gasteiger partial charge in [0, 0.05) is 5.69 Å². The maximum Gasteiger partial charge on any atom is 0.335 e. The summed E-state index contributed by atoms with van der Waals surface area (Å²) in [6.45, 7) is 7.61. The molecule has 3 aromatic rings. The largest absolute Gasteiger partial charge is 0.478 e. The molecule has 2 heterocycles. The molecular weight excluding hydrogens is 460 g/mol. The Morgan fingerprint density at radius 1 is 1.23 bits per heavy atom. The summed E-state index contributed by atoms with van der Waals surface area (Å²) in [6, 6.07) is 8.54. The Hall–Kier alpha value is -2.84. The monoisotopic (exact) mass is 494 g/mol. The third kappa shape index (κ3) is 5.87. The van der Waals surface area contributed by atoms with Crippen LogP contribution in [0.3, 0.4) is 0 Å². The summed E-state index contributed by atoms with van der Waals surface area (Å²) in [4.78, 5) is 37.0. The van der Waals surface area contributed by atoms with E-state index in [4.69, 9.17) is 4.98 Å². The molecule has 8 heteroatoms. The molecule has 0 aliphatic heterocycles. The van der Waals surface area contributed by atoms with Gasteiger partial charge in [-0.25, -0.2) is 14.8 Å². The molecular formula is C27H34N4O3S. The van der Waals surface area contributed by atoms with E-state index in [1.54, 1.807) is 18.2 Å². The van der Waals surface area contributed by atoms with Crippen molar-refractivity contribution >= 4 is 33.6 Å². The number of carboxylic acids is 1. The molecule has 2 aromatic heterocycles. The lowest BCUT2D eigenvalue weighted by Gasteiger charge is -2.34. The molecule has 0 bridgehead atoms. The maximum absolute atomic E-state index is 13.2. The normalized spacial score (nSPS) is 16.8. The second-order valence-electron chi connectivity index (χ2n) is 10.8. The predicted molar refractivity (Wildman–Crippen MR) is 139 cm³/mol. The van der Waals surface area contributed by atoms with Gasteiger partial charge in [0.25, 0.3) is 5.91 Å². The second kappa shape index (κ2) is 10.0. The summed E-state index contributed by atoms with van der Waals surface area (Å²) in [5.74, 6) is -0.642. The number of hydrogen-bond donors (Lipinski definition) is 2. The first-order valence-electron chi connectivity index (χ1n) is 12.1. The number of thiazole rings is 1. The average Bonchev–Trinajstić information content (AvgIpc) is 3.22. The number of carboxylic acid groups (broad SMARTS) is 1. The van der Waals surface area contributed by atoms with E-state index in [1.165, 1.54) is 16.9 Å². The molecule has 0 fully saturated rings. The van der Waals surface area contributed by atoms with Gasteiger partial charge in [0.05, 0.1) is 11.6 Å². The highest BCUT2D eigenvalue weighted by atomic mass is 32.1. The first-order chi connectivity index (χ1) is 16.5. The highest BCUT2D eigenvalue weighted by molar-refractivity contribution is 7.19. The lowest BCUT2D eigenvalue weighted by atomic mass is 9.71. The number of carbonyl (C=O) groups excluding carboxylic acids is 1. The molecule has 4 rings (SSSR count). The number of nitrogens with one attached hydrogen (secondary N) is 1. The van der Waals surface area contributed by atoms with Crippen LogP contribution in [0.5, 0.6) is 0 Å². The number of benzene rings is 1. The number of hydrogen-bond acceptors (Lipinski definition) is 6. The number of aromatic carboxylic acids is 1. The fourth-order valence-corrected chi connectivity index (χ4v) is 5.51. The van der Waals surface area contributed by atoms with Crippen molar-refractivity contribution in [3.05, 3.63) is 57.7 Å². The number of fused-ring (bicyclic) bond motifs is 2. The van der Waals surface area contributed by atoms with Crippen LogP contribution in [0.1, 0.15) is 76.6 Å². The van der Waals surface area contributed by atoms with Gasteiger partial charge in [0.15, 0.2) is 5.01 Å². The van der Waals surface area contributed by atoms with Crippen molar-refractivity contribution in [2.24, 2.45) is 11.3 Å². The van der Waals surface area contributed by atoms with Gasteiger partial charge >= 0.3 is 5.97 Å². The molecule has 0 spiro atoms. The van der Waals surface area contributed by atoms with Crippen molar-refractivity contribution in [2.75, 3.05) is 20.6 Å². The molecule has 1 aliphatic rings. The van der Waals surface area contributed by atoms with Crippen LogP contribution < -0.4 is 5.32 Å². The number of aromatic nitrogens is 2. The van der Waals surface area contributed by atoms with Crippen LogP contribution in [0.25, 0.3) is 10.3 Å². The molecule has 2 N–H and O–H groups in total. The Kier molecular flexibility index (Phi) is 7.24. The Balaban J connectivity index is 1.58. The lowest BCUT2D eigenvalue weighted by molar-refractivity contribution is 0.0696. The molecule has 35 heavy (non-hydrogen) atoms. The van der Waals surface area contributed by atoms with E-state index in [2.05, 4.69) is 37.1 Å². The summed E-state index contributed by atoms with van der Waals surface area (Å²) < 4.78 is 0. The van der Waals surface area contributed by atoms with Crippen molar-refractivity contribution in [3.63, 3.8) is 0 Å². The quantitative estimate of drug-likeness (QED) is 0.482. The zero-order valence-corrected chi connectivity index (χ0v) is 21.9. The van der Waals surface area contributed by atoms with Gasteiger partial charge in [0.1, 0.15) is 10.3 Å². The van der Waals surface area contributed by atoms with E-state index in [1.807, 2.05) is 25.1 Å². The van der Waals surface area contributed by atoms with Crippen LogP contribution in [0.2, 0.25) is 0 Å². The van der Waals surface area contributed by atoms with Crippen molar-refractivity contribution in [3.8, 4) is 0 Å². The molecule has 0 saturated heterocycles. The van der Waals surface area contributed by atoms with Gasteiger partial charge in [-0.05, 0) is 87.0 Å². The molecule has 1 aliphatic carbocycles. The third-order valence-electron chi connectivity index (χ3n) is 6.87. The summed E-state index contributed by atoms with van der Waals surface area (Å²) in [7, 11) is 3.94. The van der Waals surface area contributed by atoms with Crippen LogP contribution in [0, 0.1) is 11.3 Å². The number of pyridine rings is 1. The highest BCUT2D eigenvalue weighted by Crippen LogP contribution is 2.38. The molecule has 0 unspecified atom stereocenters. The molecule has 2 atom stereocenters. The van der Waals surface area contributed by atoms with Gasteiger partial charge in [-0.1, -0.05) is 44.2 Å². The van der Waals surface area contributed by atoms with E-state index in [0.29, 0.717) is 17.3 Å². The van der Waals surface area contributed by atoms with Crippen molar-refractivity contribution < 1.29 is 14.7 Å². The summed E-state index contributed by atoms with van der Waals surface area (Å²) >= 11 is 1.32. The van der Waals surface area contributed by atoms with E-state index in [-0.39, 0.29) is 22.9 Å². The summed E-state index contributed by atoms with van der Waals surface area (Å²) in [5, 5.41) is 12.9. The second-order valence-corrected chi connectivity index (χ2v) is 11.8. The highest BCUT2D eigenvalue weighted by Gasteiger charge is 2.30. The molecule has 1 amide bonds. The van der Waals surface area contributed by atoms with Gasteiger partial charge in [0.2, 0.25) is 0 Å². The minimum absolute atomic E-state index is 0.204. The van der Waals surface area contributed by atoms with E-state index >= 15 is 0 Å². The van der Waals surface area contributed by atoms with Gasteiger partial charge in [-0.15, -0.1) is 0 Å². The minimum Gasteiger partial charge on any atom is -0.478 e. The fourth-order valence-electron chi connectivity index (χ4n) is 4.67. The van der Waals surface area contributed by atoms with Crippen molar-refractivity contribution in [1.29, 1.82) is 0 Å². The number of rotatable bonds is 7. The summed E-state index contributed by atoms with van der Waals surface area (Å²) in [5.41, 5.74) is 4.36. The third-order valence-corrected chi connectivity index (χ3v) is 7.84. The SMILES string of the molecule is CN(C)CC[C@@H](NC(=O)c1nc2cc3c(nc2s1)CC[C@H](C(C)(C)C)C3)c1cccc(C(=O)O)c1. The Bertz CT molecular complexity index is 1240. The van der Waals surface area contributed by atoms with E-state index in [9.17, 15) is 14.7 Å². The molecule has 186 valence electrons. The van der Waals surface area contributed by atoms with E-state index in [0.717, 1.165) is 47.4 Å². The number of nitrogens with zero attached hydrogens (tertiary/aromatic N) is 3. The first kappa shape index (κ1) is 25.3. The van der Waals surface area contributed by atoms with E-state index < -0.39 is 5.97 Å². The zero-order valence-electron chi connectivity index (χ0n) is 21.1. The number of carbonyl (C=O) groups is 2. The van der Waals surface area contributed by atoms with Crippen molar-refractivity contribution in [1.82, 2.24) is 20.2 Å². The number of amides is 1. The van der Waals surface area contributed by atoms with Gasteiger partial charge in [-0.3, -0.25) is 4.79 Å². The Labute approximate surface area is 210 Å². The standard InChI is InChI=1S/C27H34N4O3S/c1-27(2,3)19-9-10-20-18(14-19)15-22-24(29-20)35-25(30-22)23(32)28-21(11-12-31(4)5)16-7-6-8-17(13-16)26(33)34/h6-8,13,15,19,21H,9-12,14H2,1-5H3,(H,28,32)(H,33,34)/t19-,21+/m0/s1. The smallest absolute Gasteiger partial charge is 0.335 e. The molecule has 0 saturated carbocycles. The maximum atomic E-state index is 13.2.